The van der Waals surface area contributed by atoms with Gasteiger partial charge in [0, 0.05) is 19.8 Å². The second kappa shape index (κ2) is 8.91. The van der Waals surface area contributed by atoms with E-state index in [4.69, 9.17) is 9.47 Å². The predicted molar refractivity (Wildman–Crippen MR) is 95.0 cm³/mol. The number of halogens is 1. The van der Waals surface area contributed by atoms with Gasteiger partial charge in [0.15, 0.2) is 0 Å². The third-order valence-electron chi connectivity index (χ3n) is 4.41. The van der Waals surface area contributed by atoms with Crippen molar-refractivity contribution >= 4 is 5.91 Å². The van der Waals surface area contributed by atoms with Gasteiger partial charge in [0.25, 0.3) is 5.91 Å². The third kappa shape index (κ3) is 4.47. The Morgan fingerprint density at radius 3 is 3.08 bits per heavy atom. The van der Waals surface area contributed by atoms with Crippen molar-refractivity contribution in [2.75, 3.05) is 26.4 Å². The van der Waals surface area contributed by atoms with E-state index in [2.05, 4.69) is 10.4 Å². The zero-order chi connectivity index (χ0) is 18.4. The van der Waals surface area contributed by atoms with Gasteiger partial charge >= 0.3 is 0 Å². The monoisotopic (exact) mass is 361 g/mol. The van der Waals surface area contributed by atoms with Gasteiger partial charge in [-0.15, -0.1) is 0 Å². The summed E-state index contributed by atoms with van der Waals surface area (Å²) in [6, 6.07) is 6.34. The number of nitrogens with one attached hydrogen (secondary N) is 1. The standard InChI is InChI=1S/C19H24FN3O3/c1-14-16(12-22-23(14)18-8-3-2-7-17(18)20)19(24)21-9-5-10-25-13-15-6-4-11-26-15/h2-3,7-8,12,15H,4-6,9-11,13H2,1H3,(H,21,24). The first kappa shape index (κ1) is 18.5. The van der Waals surface area contributed by atoms with Crippen LogP contribution in [-0.4, -0.2) is 48.2 Å². The highest BCUT2D eigenvalue weighted by molar-refractivity contribution is 5.95. The van der Waals surface area contributed by atoms with Crippen LogP contribution in [0, 0.1) is 12.7 Å². The predicted octanol–water partition coefficient (Wildman–Crippen LogP) is 2.64. The Morgan fingerprint density at radius 2 is 2.31 bits per heavy atom. The molecule has 2 heterocycles. The first-order valence-electron chi connectivity index (χ1n) is 8.94. The first-order valence-corrected chi connectivity index (χ1v) is 8.94. The summed E-state index contributed by atoms with van der Waals surface area (Å²) in [6.45, 7) is 4.27. The molecule has 1 fully saturated rings. The lowest BCUT2D eigenvalue weighted by Gasteiger charge is -2.10. The summed E-state index contributed by atoms with van der Waals surface area (Å²) in [7, 11) is 0. The minimum Gasteiger partial charge on any atom is -0.379 e. The number of benzene rings is 1. The van der Waals surface area contributed by atoms with E-state index >= 15 is 0 Å². The average molecular weight is 361 g/mol. The van der Waals surface area contributed by atoms with E-state index in [1.54, 1.807) is 25.1 Å². The van der Waals surface area contributed by atoms with E-state index in [0.29, 0.717) is 36.7 Å². The molecule has 2 aromatic rings. The molecule has 0 aliphatic carbocycles. The zero-order valence-electron chi connectivity index (χ0n) is 14.9. The fourth-order valence-corrected chi connectivity index (χ4v) is 2.96. The number of carbonyl (C=O) groups excluding carboxylic acids is 1. The largest absolute Gasteiger partial charge is 0.379 e. The van der Waals surface area contributed by atoms with Gasteiger partial charge in [-0.2, -0.15) is 5.10 Å². The maximum atomic E-state index is 13.9. The maximum Gasteiger partial charge on any atom is 0.254 e. The highest BCUT2D eigenvalue weighted by atomic mass is 19.1. The van der Waals surface area contributed by atoms with E-state index in [9.17, 15) is 9.18 Å². The molecule has 7 heteroatoms. The number of hydrogen-bond donors (Lipinski definition) is 1. The SMILES string of the molecule is Cc1c(C(=O)NCCCOCC2CCCO2)cnn1-c1ccccc1F. The van der Waals surface area contributed by atoms with Gasteiger partial charge in [-0.25, -0.2) is 9.07 Å². The summed E-state index contributed by atoms with van der Waals surface area (Å²) in [4.78, 5) is 12.3. The number of rotatable bonds is 8. The van der Waals surface area contributed by atoms with Crippen molar-refractivity contribution in [1.82, 2.24) is 15.1 Å². The Hall–Kier alpha value is -2.25. The van der Waals surface area contributed by atoms with Gasteiger partial charge in [0.1, 0.15) is 11.5 Å². The fraction of sp³-hybridized carbons (Fsp3) is 0.474. The number of ether oxygens (including phenoxy) is 2. The van der Waals surface area contributed by atoms with Crippen LogP contribution in [0.15, 0.2) is 30.5 Å². The molecule has 3 rings (SSSR count). The molecule has 1 amide bonds. The van der Waals surface area contributed by atoms with Crippen molar-refractivity contribution in [2.45, 2.75) is 32.3 Å². The number of carbonyl (C=O) groups is 1. The molecule has 1 N–H and O–H groups in total. The Kier molecular flexibility index (Phi) is 6.35. The lowest BCUT2D eigenvalue weighted by atomic mass is 10.2. The van der Waals surface area contributed by atoms with Crippen molar-refractivity contribution < 1.29 is 18.7 Å². The lowest BCUT2D eigenvalue weighted by Crippen LogP contribution is -2.26. The van der Waals surface area contributed by atoms with Crippen LogP contribution >= 0.6 is 0 Å². The number of amides is 1. The third-order valence-corrected chi connectivity index (χ3v) is 4.41. The molecular weight excluding hydrogens is 337 g/mol. The van der Waals surface area contributed by atoms with Gasteiger partial charge in [-0.1, -0.05) is 12.1 Å². The van der Waals surface area contributed by atoms with Crippen LogP contribution in [0.3, 0.4) is 0 Å². The summed E-state index contributed by atoms with van der Waals surface area (Å²) in [6.07, 6.45) is 4.56. The van der Waals surface area contributed by atoms with Gasteiger partial charge in [0.05, 0.1) is 30.2 Å². The highest BCUT2D eigenvalue weighted by Crippen LogP contribution is 2.17. The minimum absolute atomic E-state index is 0.218. The molecule has 26 heavy (non-hydrogen) atoms. The van der Waals surface area contributed by atoms with Crippen LogP contribution in [0.5, 0.6) is 0 Å². The topological polar surface area (TPSA) is 65.4 Å². The molecule has 1 atom stereocenters. The first-order chi connectivity index (χ1) is 12.7. The zero-order valence-corrected chi connectivity index (χ0v) is 14.9. The molecule has 1 unspecified atom stereocenters. The Labute approximate surface area is 152 Å². The molecule has 1 aromatic carbocycles. The van der Waals surface area contributed by atoms with E-state index in [1.165, 1.54) is 16.9 Å². The molecular formula is C19H24FN3O3. The van der Waals surface area contributed by atoms with E-state index in [-0.39, 0.29) is 17.8 Å². The number of aromatic nitrogens is 2. The van der Waals surface area contributed by atoms with Gasteiger partial charge in [0.2, 0.25) is 0 Å². The molecule has 1 aromatic heterocycles. The van der Waals surface area contributed by atoms with Crippen molar-refractivity contribution in [3.8, 4) is 5.69 Å². The van der Waals surface area contributed by atoms with E-state index in [0.717, 1.165) is 25.9 Å². The minimum atomic E-state index is -0.381. The molecule has 6 nitrogen and oxygen atoms in total. The Bertz CT molecular complexity index is 741. The van der Waals surface area contributed by atoms with Crippen molar-refractivity contribution in [2.24, 2.45) is 0 Å². The summed E-state index contributed by atoms with van der Waals surface area (Å²) < 4.78 is 26.4. The van der Waals surface area contributed by atoms with Crippen LogP contribution in [-0.2, 0) is 9.47 Å². The number of nitrogens with zero attached hydrogens (tertiary/aromatic N) is 2. The fourth-order valence-electron chi connectivity index (χ4n) is 2.96. The maximum absolute atomic E-state index is 13.9. The summed E-state index contributed by atoms with van der Waals surface area (Å²) in [5, 5.41) is 7.00. The van der Waals surface area contributed by atoms with Gasteiger partial charge in [-0.3, -0.25) is 4.79 Å². The Balaban J connectivity index is 1.45. The van der Waals surface area contributed by atoms with Crippen molar-refractivity contribution in [1.29, 1.82) is 0 Å². The molecule has 140 valence electrons. The lowest BCUT2D eigenvalue weighted by molar-refractivity contribution is 0.0166. The average Bonchev–Trinajstić information content (AvgIpc) is 3.28. The Morgan fingerprint density at radius 1 is 1.46 bits per heavy atom. The smallest absolute Gasteiger partial charge is 0.254 e. The summed E-state index contributed by atoms with van der Waals surface area (Å²) in [5.41, 5.74) is 1.36. The quantitative estimate of drug-likeness (QED) is 0.734. The number of hydrogen-bond acceptors (Lipinski definition) is 4. The van der Waals surface area contributed by atoms with Crippen LogP contribution in [0.25, 0.3) is 5.69 Å². The molecule has 0 spiro atoms. The second-order valence-electron chi connectivity index (χ2n) is 6.33. The van der Waals surface area contributed by atoms with Crippen molar-refractivity contribution in [3.05, 3.63) is 47.5 Å². The summed E-state index contributed by atoms with van der Waals surface area (Å²) in [5.74, 6) is -0.599. The summed E-state index contributed by atoms with van der Waals surface area (Å²) >= 11 is 0. The van der Waals surface area contributed by atoms with Crippen molar-refractivity contribution in [3.63, 3.8) is 0 Å². The molecule has 0 saturated carbocycles. The van der Waals surface area contributed by atoms with Gasteiger partial charge < -0.3 is 14.8 Å². The van der Waals surface area contributed by atoms with E-state index < -0.39 is 0 Å². The normalized spacial score (nSPS) is 16.8. The molecule has 1 aliphatic heterocycles. The van der Waals surface area contributed by atoms with Crippen LogP contribution in [0.1, 0.15) is 35.3 Å². The van der Waals surface area contributed by atoms with Crippen LogP contribution < -0.4 is 5.32 Å². The molecule has 0 bridgehead atoms. The highest BCUT2D eigenvalue weighted by Gasteiger charge is 2.17. The van der Waals surface area contributed by atoms with E-state index in [1.807, 2.05) is 0 Å². The molecule has 0 radical (unpaired) electrons. The molecule has 1 aliphatic rings. The van der Waals surface area contributed by atoms with Gasteiger partial charge in [-0.05, 0) is 38.3 Å². The molecule has 1 saturated heterocycles. The van der Waals surface area contributed by atoms with Crippen LogP contribution in [0.4, 0.5) is 4.39 Å². The number of para-hydroxylation sites is 1. The van der Waals surface area contributed by atoms with Crippen LogP contribution in [0.2, 0.25) is 0 Å². The second-order valence-corrected chi connectivity index (χ2v) is 6.33.